The van der Waals surface area contributed by atoms with Crippen molar-refractivity contribution in [1.29, 1.82) is 0 Å². The molecule has 0 atom stereocenters. The van der Waals surface area contributed by atoms with Crippen LogP contribution < -0.4 is 11.3 Å². The number of ether oxygens (including phenoxy) is 1. The van der Waals surface area contributed by atoms with Crippen LogP contribution in [0.5, 0.6) is 0 Å². The summed E-state index contributed by atoms with van der Waals surface area (Å²) in [6.07, 6.45) is -3.81. The van der Waals surface area contributed by atoms with Crippen LogP contribution in [0.25, 0.3) is 0 Å². The summed E-state index contributed by atoms with van der Waals surface area (Å²) in [6.45, 7) is -1.98. The molecule has 0 radical (unpaired) electrons. The lowest BCUT2D eigenvalue weighted by Gasteiger charge is -2.14. The fourth-order valence-corrected chi connectivity index (χ4v) is 1.08. The minimum Gasteiger partial charge on any atom is -0.367 e. The number of alkyl halides is 4. The highest BCUT2D eigenvalue weighted by atomic mass is 19.3. The Morgan fingerprint density at radius 3 is 2.72 bits per heavy atom. The van der Waals surface area contributed by atoms with E-state index in [0.717, 1.165) is 6.07 Å². The summed E-state index contributed by atoms with van der Waals surface area (Å²) >= 11 is 0. The average Bonchev–Trinajstić information content (AvgIpc) is 2.27. The number of nitrogens with one attached hydrogen (secondary N) is 1. The first-order valence-corrected chi connectivity index (χ1v) is 4.88. The van der Waals surface area contributed by atoms with Crippen LogP contribution in [0.15, 0.2) is 10.9 Å². The van der Waals surface area contributed by atoms with Crippen molar-refractivity contribution in [3.05, 3.63) is 27.9 Å². The van der Waals surface area contributed by atoms with Crippen molar-refractivity contribution in [3.8, 4) is 0 Å². The van der Waals surface area contributed by atoms with E-state index in [4.69, 9.17) is 5.73 Å². The fraction of sp³-hybridized carbons (Fsp3) is 0.556. The largest absolute Gasteiger partial charge is 0.367 e. The molecule has 0 aliphatic rings. The number of H-pyrrole nitrogens is 1. The van der Waals surface area contributed by atoms with Crippen LogP contribution in [-0.2, 0) is 17.9 Å². The van der Waals surface area contributed by atoms with Gasteiger partial charge in [-0.15, -0.1) is 0 Å². The van der Waals surface area contributed by atoms with E-state index in [0.29, 0.717) is 0 Å². The molecule has 0 aliphatic carbocycles. The van der Waals surface area contributed by atoms with Crippen molar-refractivity contribution < 1.29 is 22.3 Å². The minimum absolute atomic E-state index is 0.00981. The number of hydrogen-bond donors (Lipinski definition) is 2. The Morgan fingerprint density at radius 1 is 1.50 bits per heavy atom. The van der Waals surface area contributed by atoms with E-state index < -0.39 is 31.1 Å². The number of aromatic nitrogens is 2. The van der Waals surface area contributed by atoms with E-state index in [-0.39, 0.29) is 18.1 Å². The quantitative estimate of drug-likeness (QED) is 0.743. The van der Waals surface area contributed by atoms with Crippen molar-refractivity contribution in [1.82, 2.24) is 9.97 Å². The number of nitrogens with two attached hydrogens (primary N) is 1. The number of aromatic amines is 1. The minimum atomic E-state index is -4.23. The van der Waals surface area contributed by atoms with Gasteiger partial charge in [0.25, 0.3) is 5.56 Å². The van der Waals surface area contributed by atoms with Crippen molar-refractivity contribution in [2.45, 2.75) is 25.5 Å². The van der Waals surface area contributed by atoms with E-state index in [1.54, 1.807) is 0 Å². The van der Waals surface area contributed by atoms with E-state index in [1.807, 2.05) is 0 Å². The van der Waals surface area contributed by atoms with E-state index in [1.165, 1.54) is 0 Å². The number of halogens is 4. The highest BCUT2D eigenvalue weighted by molar-refractivity contribution is 5.01. The predicted octanol–water partition coefficient (Wildman–Crippen LogP) is 0.646. The number of nitrogens with zero attached hydrogens (tertiary/aromatic N) is 1. The van der Waals surface area contributed by atoms with Crippen LogP contribution in [0, 0.1) is 0 Å². The smallest absolute Gasteiger partial charge is 0.330 e. The summed E-state index contributed by atoms with van der Waals surface area (Å²) in [4.78, 5) is 17.1. The standard InChI is InChI=1S/C9H11F4N3O2/c10-8(11)9(12,13)4-18-3-6-15-5(2-14)1-7(17)16-6/h1,8H,2-4,14H2,(H,15,16,17). The second-order valence-electron chi connectivity index (χ2n) is 3.44. The second kappa shape index (κ2) is 5.91. The monoisotopic (exact) mass is 269 g/mol. The molecule has 102 valence electrons. The Bertz CT molecular complexity index is 450. The molecule has 0 amide bonds. The SMILES string of the molecule is NCc1cc(=O)[nH]c(COCC(F)(F)C(F)F)n1. The lowest BCUT2D eigenvalue weighted by atomic mass is 10.4. The first-order valence-electron chi connectivity index (χ1n) is 4.88. The topological polar surface area (TPSA) is 81.0 Å². The van der Waals surface area contributed by atoms with Crippen molar-refractivity contribution in [2.75, 3.05) is 6.61 Å². The maximum absolute atomic E-state index is 12.5. The lowest BCUT2D eigenvalue weighted by Crippen LogP contribution is -2.32. The molecule has 0 bridgehead atoms. The summed E-state index contributed by atoms with van der Waals surface area (Å²) in [5.74, 6) is -4.28. The summed E-state index contributed by atoms with van der Waals surface area (Å²) < 4.78 is 53.0. The van der Waals surface area contributed by atoms with Crippen molar-refractivity contribution in [2.24, 2.45) is 5.73 Å². The van der Waals surface area contributed by atoms with Crippen LogP contribution in [-0.4, -0.2) is 28.9 Å². The van der Waals surface area contributed by atoms with E-state index in [2.05, 4.69) is 14.7 Å². The molecule has 0 spiro atoms. The molecule has 1 rings (SSSR count). The highest BCUT2D eigenvalue weighted by Crippen LogP contribution is 2.22. The zero-order valence-electron chi connectivity index (χ0n) is 9.13. The highest BCUT2D eigenvalue weighted by Gasteiger charge is 2.40. The maximum Gasteiger partial charge on any atom is 0.330 e. The molecule has 0 aliphatic heterocycles. The van der Waals surface area contributed by atoms with Gasteiger partial charge in [-0.2, -0.15) is 8.78 Å². The van der Waals surface area contributed by atoms with Gasteiger partial charge in [0.15, 0.2) is 0 Å². The third-order valence-corrected chi connectivity index (χ3v) is 1.91. The summed E-state index contributed by atoms with van der Waals surface area (Å²) in [5, 5.41) is 0. The second-order valence-corrected chi connectivity index (χ2v) is 3.44. The molecule has 1 aromatic heterocycles. The van der Waals surface area contributed by atoms with Gasteiger partial charge in [0.2, 0.25) is 0 Å². The molecule has 9 heteroatoms. The molecule has 3 N–H and O–H groups in total. The van der Waals surface area contributed by atoms with Gasteiger partial charge in [-0.05, 0) is 0 Å². The zero-order chi connectivity index (χ0) is 13.8. The molecule has 0 unspecified atom stereocenters. The Morgan fingerprint density at radius 2 is 2.17 bits per heavy atom. The molecule has 0 aromatic carbocycles. The van der Waals surface area contributed by atoms with Crippen LogP contribution in [0.3, 0.4) is 0 Å². The van der Waals surface area contributed by atoms with E-state index >= 15 is 0 Å². The first-order chi connectivity index (χ1) is 8.35. The number of rotatable bonds is 6. The summed E-state index contributed by atoms with van der Waals surface area (Å²) in [5.41, 5.74) is 4.97. The van der Waals surface area contributed by atoms with Crippen LogP contribution in [0.1, 0.15) is 11.5 Å². The van der Waals surface area contributed by atoms with Crippen LogP contribution in [0.4, 0.5) is 17.6 Å². The molecule has 0 saturated carbocycles. The Balaban J connectivity index is 2.59. The molecule has 0 fully saturated rings. The Labute approximate surface area is 99.0 Å². The molecule has 1 heterocycles. The predicted molar refractivity (Wildman–Crippen MR) is 53.4 cm³/mol. The maximum atomic E-state index is 12.5. The van der Waals surface area contributed by atoms with Crippen molar-refractivity contribution in [3.63, 3.8) is 0 Å². The molecule has 18 heavy (non-hydrogen) atoms. The van der Waals surface area contributed by atoms with Crippen LogP contribution in [0.2, 0.25) is 0 Å². The Kier molecular flexibility index (Phi) is 4.79. The molecular weight excluding hydrogens is 258 g/mol. The van der Waals surface area contributed by atoms with Crippen molar-refractivity contribution >= 4 is 0 Å². The van der Waals surface area contributed by atoms with Gasteiger partial charge in [0.1, 0.15) is 19.0 Å². The third-order valence-electron chi connectivity index (χ3n) is 1.91. The molecule has 0 saturated heterocycles. The third kappa shape index (κ3) is 4.08. The summed E-state index contributed by atoms with van der Waals surface area (Å²) in [6, 6.07) is 1.14. The fourth-order valence-electron chi connectivity index (χ4n) is 1.08. The van der Waals surface area contributed by atoms with Gasteiger partial charge in [0.05, 0.1) is 5.69 Å². The van der Waals surface area contributed by atoms with Gasteiger partial charge in [-0.1, -0.05) is 0 Å². The van der Waals surface area contributed by atoms with Gasteiger partial charge in [0, 0.05) is 12.6 Å². The van der Waals surface area contributed by atoms with E-state index in [9.17, 15) is 22.4 Å². The molecular formula is C9H11F4N3O2. The molecule has 5 nitrogen and oxygen atoms in total. The Hall–Kier alpha value is -1.48. The normalized spacial score (nSPS) is 12.1. The first kappa shape index (κ1) is 14.6. The van der Waals surface area contributed by atoms with Gasteiger partial charge < -0.3 is 15.5 Å². The lowest BCUT2D eigenvalue weighted by molar-refractivity contribution is -0.168. The van der Waals surface area contributed by atoms with Crippen LogP contribution >= 0.6 is 0 Å². The average molecular weight is 269 g/mol. The number of hydrogen-bond acceptors (Lipinski definition) is 4. The van der Waals surface area contributed by atoms with Gasteiger partial charge in [-0.25, -0.2) is 13.8 Å². The zero-order valence-corrected chi connectivity index (χ0v) is 9.13. The molecule has 1 aromatic rings. The van der Waals surface area contributed by atoms with Gasteiger partial charge in [-0.3, -0.25) is 4.79 Å². The summed E-state index contributed by atoms with van der Waals surface area (Å²) in [7, 11) is 0. The van der Waals surface area contributed by atoms with Gasteiger partial charge >= 0.3 is 12.3 Å².